The van der Waals surface area contributed by atoms with Gasteiger partial charge >= 0.3 is 12.1 Å². The molecule has 3 aromatic heterocycles. The highest BCUT2D eigenvalue weighted by atomic mass is 19.4. The minimum absolute atomic E-state index is 0.00496. The van der Waals surface area contributed by atoms with E-state index in [9.17, 15) is 18.0 Å². The molecule has 134 valence electrons. The first-order valence-corrected chi connectivity index (χ1v) is 7.27. The van der Waals surface area contributed by atoms with Gasteiger partial charge in [0.1, 0.15) is 23.8 Å². The number of nitrogens with one attached hydrogen (secondary N) is 1. The van der Waals surface area contributed by atoms with Crippen LogP contribution in [0.3, 0.4) is 0 Å². The van der Waals surface area contributed by atoms with Crippen molar-refractivity contribution in [2.75, 3.05) is 12.4 Å². The van der Waals surface area contributed by atoms with Crippen LogP contribution in [0.4, 0.5) is 24.8 Å². The third-order valence-electron chi connectivity index (χ3n) is 3.32. The Morgan fingerprint density at radius 3 is 2.73 bits per heavy atom. The SMILES string of the molecule is COC(=O)c1cn(-c2cccc(Nc3cc(C(F)(F)F)ccn3)n2)cn1. The topological polar surface area (TPSA) is 81.9 Å². The zero-order valence-corrected chi connectivity index (χ0v) is 13.4. The van der Waals surface area contributed by atoms with Crippen LogP contribution in [-0.4, -0.2) is 32.6 Å². The predicted molar refractivity (Wildman–Crippen MR) is 85.2 cm³/mol. The molecule has 0 spiro atoms. The normalized spacial score (nSPS) is 11.2. The number of hydrogen-bond acceptors (Lipinski definition) is 6. The van der Waals surface area contributed by atoms with Crippen LogP contribution in [0.15, 0.2) is 49.1 Å². The molecule has 0 radical (unpaired) electrons. The van der Waals surface area contributed by atoms with Gasteiger partial charge in [0.05, 0.1) is 12.7 Å². The Kier molecular flexibility index (Phi) is 4.57. The lowest BCUT2D eigenvalue weighted by Crippen LogP contribution is -2.06. The third kappa shape index (κ3) is 3.79. The summed E-state index contributed by atoms with van der Waals surface area (Å²) in [4.78, 5) is 23.5. The maximum absolute atomic E-state index is 12.8. The standard InChI is InChI=1S/C16H12F3N5O2/c1-26-15(25)11-8-24(9-21-11)14-4-2-3-12(23-14)22-13-7-10(5-6-20-13)16(17,18)19/h2-9H,1H3,(H,20,22,23). The van der Waals surface area contributed by atoms with Crippen molar-refractivity contribution in [3.8, 4) is 5.82 Å². The van der Waals surface area contributed by atoms with Crippen molar-refractivity contribution >= 4 is 17.6 Å². The van der Waals surface area contributed by atoms with Gasteiger partial charge in [-0.25, -0.2) is 19.7 Å². The van der Waals surface area contributed by atoms with Crippen LogP contribution in [0.1, 0.15) is 16.1 Å². The number of imidazole rings is 1. The number of ether oxygens (including phenoxy) is 1. The number of carbonyl (C=O) groups excluding carboxylic acids is 1. The Morgan fingerprint density at radius 1 is 1.19 bits per heavy atom. The second-order valence-corrected chi connectivity index (χ2v) is 5.09. The highest BCUT2D eigenvalue weighted by Gasteiger charge is 2.30. The maximum atomic E-state index is 12.8. The fraction of sp³-hybridized carbons (Fsp3) is 0.125. The summed E-state index contributed by atoms with van der Waals surface area (Å²) in [5.74, 6) is 0.101. The summed E-state index contributed by atoms with van der Waals surface area (Å²) in [6.07, 6.45) is -0.593. The lowest BCUT2D eigenvalue weighted by molar-refractivity contribution is -0.137. The number of anilines is 2. The van der Waals surface area contributed by atoms with Gasteiger partial charge in [0.2, 0.25) is 0 Å². The molecule has 3 aromatic rings. The van der Waals surface area contributed by atoms with E-state index in [0.29, 0.717) is 5.82 Å². The molecule has 10 heteroatoms. The van der Waals surface area contributed by atoms with Crippen LogP contribution >= 0.6 is 0 Å². The number of rotatable bonds is 4. The monoisotopic (exact) mass is 363 g/mol. The van der Waals surface area contributed by atoms with Crippen molar-refractivity contribution in [3.63, 3.8) is 0 Å². The number of halogens is 3. The second-order valence-electron chi connectivity index (χ2n) is 5.09. The van der Waals surface area contributed by atoms with Gasteiger partial charge in [-0.3, -0.25) is 4.57 Å². The number of carbonyl (C=O) groups is 1. The number of hydrogen-bond donors (Lipinski definition) is 1. The first-order valence-electron chi connectivity index (χ1n) is 7.27. The van der Waals surface area contributed by atoms with Crippen LogP contribution in [0, 0.1) is 0 Å². The summed E-state index contributed by atoms with van der Waals surface area (Å²) in [7, 11) is 1.24. The van der Waals surface area contributed by atoms with Crippen molar-refractivity contribution in [2.45, 2.75) is 6.18 Å². The number of pyridine rings is 2. The summed E-state index contributed by atoms with van der Waals surface area (Å²) in [6, 6.07) is 6.64. The van der Waals surface area contributed by atoms with Gasteiger partial charge in [-0.1, -0.05) is 6.07 Å². The minimum Gasteiger partial charge on any atom is -0.464 e. The molecule has 0 aromatic carbocycles. The first kappa shape index (κ1) is 17.4. The average Bonchev–Trinajstić information content (AvgIpc) is 3.11. The average molecular weight is 363 g/mol. The summed E-state index contributed by atoms with van der Waals surface area (Å²) in [5, 5.41) is 2.72. The van der Waals surface area contributed by atoms with Gasteiger partial charge < -0.3 is 10.1 Å². The lowest BCUT2D eigenvalue weighted by atomic mass is 10.2. The quantitative estimate of drug-likeness (QED) is 0.717. The van der Waals surface area contributed by atoms with E-state index in [0.717, 1.165) is 18.3 Å². The molecule has 0 aliphatic carbocycles. The molecule has 0 bridgehead atoms. The van der Waals surface area contributed by atoms with E-state index in [1.54, 1.807) is 18.2 Å². The van der Waals surface area contributed by atoms with E-state index < -0.39 is 17.7 Å². The highest BCUT2D eigenvalue weighted by Crippen LogP contribution is 2.30. The molecule has 0 saturated heterocycles. The summed E-state index contributed by atoms with van der Waals surface area (Å²) < 4.78 is 44.4. The van der Waals surface area contributed by atoms with E-state index in [4.69, 9.17) is 0 Å². The molecule has 1 N–H and O–H groups in total. The lowest BCUT2D eigenvalue weighted by Gasteiger charge is -2.10. The van der Waals surface area contributed by atoms with Gasteiger partial charge in [-0.05, 0) is 24.3 Å². The molecule has 0 amide bonds. The predicted octanol–water partition coefficient (Wildman–Crippen LogP) is 3.21. The van der Waals surface area contributed by atoms with Crippen molar-refractivity contribution in [3.05, 3.63) is 60.3 Å². The molecule has 7 nitrogen and oxygen atoms in total. The van der Waals surface area contributed by atoms with Crippen LogP contribution in [0.5, 0.6) is 0 Å². The van der Waals surface area contributed by atoms with Crippen LogP contribution in [0.25, 0.3) is 5.82 Å². The van der Waals surface area contributed by atoms with Crippen molar-refractivity contribution < 1.29 is 22.7 Å². The van der Waals surface area contributed by atoms with Gasteiger partial charge in [0.25, 0.3) is 0 Å². The Morgan fingerprint density at radius 2 is 2.00 bits per heavy atom. The molecule has 3 rings (SSSR count). The fourth-order valence-corrected chi connectivity index (χ4v) is 2.10. The van der Waals surface area contributed by atoms with Crippen LogP contribution < -0.4 is 5.32 Å². The smallest absolute Gasteiger partial charge is 0.416 e. The molecule has 3 heterocycles. The number of esters is 1. The highest BCUT2D eigenvalue weighted by molar-refractivity contribution is 5.86. The van der Waals surface area contributed by atoms with Crippen molar-refractivity contribution in [1.82, 2.24) is 19.5 Å². The van der Waals surface area contributed by atoms with E-state index in [2.05, 4.69) is 25.0 Å². The van der Waals surface area contributed by atoms with E-state index in [1.165, 1.54) is 24.2 Å². The number of alkyl halides is 3. The molecule has 0 fully saturated rings. The Bertz CT molecular complexity index is 939. The number of nitrogens with zero attached hydrogens (tertiary/aromatic N) is 4. The van der Waals surface area contributed by atoms with Gasteiger partial charge in [0, 0.05) is 12.4 Å². The van der Waals surface area contributed by atoms with Gasteiger partial charge in [-0.15, -0.1) is 0 Å². The largest absolute Gasteiger partial charge is 0.464 e. The van der Waals surface area contributed by atoms with Gasteiger partial charge in [-0.2, -0.15) is 13.2 Å². The Labute approximate surface area is 145 Å². The summed E-state index contributed by atoms with van der Waals surface area (Å²) in [6.45, 7) is 0. The van der Waals surface area contributed by atoms with Gasteiger partial charge in [0.15, 0.2) is 5.69 Å². The number of methoxy groups -OCH3 is 1. The third-order valence-corrected chi connectivity index (χ3v) is 3.32. The Hall–Kier alpha value is -3.43. The maximum Gasteiger partial charge on any atom is 0.416 e. The molecule has 0 aliphatic heterocycles. The first-order chi connectivity index (χ1) is 12.4. The zero-order valence-electron chi connectivity index (χ0n) is 13.4. The molecular weight excluding hydrogens is 351 g/mol. The van der Waals surface area contributed by atoms with Crippen molar-refractivity contribution in [1.29, 1.82) is 0 Å². The molecule has 0 aliphatic rings. The van der Waals surface area contributed by atoms with E-state index in [-0.39, 0.29) is 17.3 Å². The van der Waals surface area contributed by atoms with Crippen LogP contribution in [-0.2, 0) is 10.9 Å². The minimum atomic E-state index is -4.46. The van der Waals surface area contributed by atoms with E-state index in [1.807, 2.05) is 0 Å². The molecular formula is C16H12F3N5O2. The second kappa shape index (κ2) is 6.82. The van der Waals surface area contributed by atoms with Crippen molar-refractivity contribution in [2.24, 2.45) is 0 Å². The summed E-state index contributed by atoms with van der Waals surface area (Å²) >= 11 is 0. The molecule has 0 atom stereocenters. The molecule has 0 unspecified atom stereocenters. The zero-order chi connectivity index (χ0) is 18.7. The Balaban J connectivity index is 1.84. The molecule has 26 heavy (non-hydrogen) atoms. The van der Waals surface area contributed by atoms with E-state index >= 15 is 0 Å². The number of aromatic nitrogens is 4. The molecule has 0 saturated carbocycles. The van der Waals surface area contributed by atoms with Crippen LogP contribution in [0.2, 0.25) is 0 Å². The summed E-state index contributed by atoms with van der Waals surface area (Å²) in [5.41, 5.74) is -0.712. The fourth-order valence-electron chi connectivity index (χ4n) is 2.10.